The first-order valence-electron chi connectivity index (χ1n) is 7.46. The molecule has 8 heteroatoms. The highest BCUT2D eigenvalue weighted by atomic mass is 35.5. The Kier molecular flexibility index (Phi) is 5.15. The van der Waals surface area contributed by atoms with E-state index in [9.17, 15) is 18.0 Å². The van der Waals surface area contributed by atoms with Crippen molar-refractivity contribution in [3.8, 4) is 0 Å². The topological polar surface area (TPSA) is 37.3 Å². The molecule has 24 heavy (non-hydrogen) atoms. The summed E-state index contributed by atoms with van der Waals surface area (Å²) < 4.78 is 40.1. The van der Waals surface area contributed by atoms with Crippen molar-refractivity contribution in [3.63, 3.8) is 0 Å². The number of amides is 1. The van der Waals surface area contributed by atoms with E-state index in [1.165, 1.54) is 6.07 Å². The number of hydrogen-bond donors (Lipinski definition) is 1. The van der Waals surface area contributed by atoms with Crippen LogP contribution in [0.4, 0.5) is 13.2 Å². The number of carbonyl (C=O) groups is 1. The standard InChI is InChI=1S/C16H18F3N3O.ClH/c1-10-9-22(6-5-20-10)15(23)14-8-11-7-12(16(17,18)19)3-4-13(11)21(14)2;/h3-4,7-8,10,20H,5-6,9H2,1-2H3;1H/t10-;/m1./s1. The molecule has 132 valence electrons. The van der Waals surface area contributed by atoms with E-state index in [1.807, 2.05) is 6.92 Å². The number of hydrogen-bond acceptors (Lipinski definition) is 2. The molecule has 2 heterocycles. The monoisotopic (exact) mass is 361 g/mol. The predicted molar refractivity (Wildman–Crippen MR) is 88.5 cm³/mol. The normalized spacial score (nSPS) is 18.5. The first-order chi connectivity index (χ1) is 10.8. The second-order valence-corrected chi connectivity index (χ2v) is 5.97. The smallest absolute Gasteiger partial charge is 0.340 e. The summed E-state index contributed by atoms with van der Waals surface area (Å²) in [6.45, 7) is 3.90. The largest absolute Gasteiger partial charge is 0.416 e. The molecule has 1 N–H and O–H groups in total. The second-order valence-electron chi connectivity index (χ2n) is 5.97. The van der Waals surface area contributed by atoms with E-state index < -0.39 is 11.7 Å². The van der Waals surface area contributed by atoms with Gasteiger partial charge in [-0.25, -0.2) is 0 Å². The summed E-state index contributed by atoms with van der Waals surface area (Å²) in [5.41, 5.74) is 0.323. The maximum absolute atomic E-state index is 12.8. The van der Waals surface area contributed by atoms with Gasteiger partial charge in [0.1, 0.15) is 5.69 Å². The zero-order valence-electron chi connectivity index (χ0n) is 13.4. The summed E-state index contributed by atoms with van der Waals surface area (Å²) in [5.74, 6) is -0.148. The Morgan fingerprint density at radius 1 is 1.29 bits per heavy atom. The molecule has 0 spiro atoms. The van der Waals surface area contributed by atoms with Crippen molar-refractivity contribution in [2.45, 2.75) is 19.1 Å². The Balaban J connectivity index is 0.00000208. The minimum Gasteiger partial charge on any atom is -0.340 e. The van der Waals surface area contributed by atoms with Crippen molar-refractivity contribution in [2.24, 2.45) is 7.05 Å². The molecular weight excluding hydrogens is 343 g/mol. The molecule has 1 fully saturated rings. The lowest BCUT2D eigenvalue weighted by molar-refractivity contribution is -0.137. The SMILES string of the molecule is C[C@@H]1CN(C(=O)c2cc3cc(C(F)(F)F)ccc3n2C)CCN1.Cl. The van der Waals surface area contributed by atoms with Gasteiger partial charge in [-0.2, -0.15) is 13.2 Å². The van der Waals surface area contributed by atoms with E-state index in [0.29, 0.717) is 29.7 Å². The average Bonchev–Trinajstić information content (AvgIpc) is 2.82. The number of carbonyl (C=O) groups excluding carboxylic acids is 1. The molecule has 2 aromatic rings. The molecule has 1 atom stereocenters. The van der Waals surface area contributed by atoms with Crippen molar-refractivity contribution in [1.29, 1.82) is 0 Å². The third-order valence-corrected chi connectivity index (χ3v) is 4.24. The van der Waals surface area contributed by atoms with E-state index in [-0.39, 0.29) is 24.4 Å². The van der Waals surface area contributed by atoms with E-state index in [1.54, 1.807) is 22.6 Å². The summed E-state index contributed by atoms with van der Waals surface area (Å²) in [7, 11) is 1.70. The third-order valence-electron chi connectivity index (χ3n) is 4.24. The summed E-state index contributed by atoms with van der Waals surface area (Å²) in [6, 6.07) is 5.30. The Hall–Kier alpha value is -1.73. The van der Waals surface area contributed by atoms with Crippen LogP contribution in [0.2, 0.25) is 0 Å². The number of nitrogens with zero attached hydrogens (tertiary/aromatic N) is 2. The maximum atomic E-state index is 12.8. The van der Waals surface area contributed by atoms with Gasteiger partial charge in [0.05, 0.1) is 5.56 Å². The van der Waals surface area contributed by atoms with E-state index in [0.717, 1.165) is 18.7 Å². The molecule has 0 bridgehead atoms. The van der Waals surface area contributed by atoms with Crippen molar-refractivity contribution in [3.05, 3.63) is 35.5 Å². The number of halogens is 4. The van der Waals surface area contributed by atoms with Crippen molar-refractivity contribution in [1.82, 2.24) is 14.8 Å². The molecule has 3 rings (SSSR count). The summed E-state index contributed by atoms with van der Waals surface area (Å²) in [6.07, 6.45) is -4.39. The van der Waals surface area contributed by atoms with Gasteiger partial charge in [-0.3, -0.25) is 4.79 Å². The Labute approximate surface area is 144 Å². The van der Waals surface area contributed by atoms with Crippen LogP contribution in [-0.4, -0.2) is 41.1 Å². The van der Waals surface area contributed by atoms with Crippen molar-refractivity contribution >= 4 is 29.2 Å². The van der Waals surface area contributed by atoms with Crippen molar-refractivity contribution in [2.75, 3.05) is 19.6 Å². The zero-order valence-corrected chi connectivity index (χ0v) is 14.2. The lowest BCUT2D eigenvalue weighted by Gasteiger charge is -2.31. The number of aromatic nitrogens is 1. The Bertz CT molecular complexity index is 757. The molecule has 1 aromatic carbocycles. The molecule has 1 aromatic heterocycles. The minimum atomic E-state index is -4.39. The molecular formula is C16H19ClF3N3O. The van der Waals surface area contributed by atoms with Gasteiger partial charge in [-0.05, 0) is 31.2 Å². The van der Waals surface area contributed by atoms with Crippen LogP contribution in [0.5, 0.6) is 0 Å². The van der Waals surface area contributed by atoms with Gasteiger partial charge in [-0.15, -0.1) is 12.4 Å². The first kappa shape index (κ1) is 18.6. The van der Waals surface area contributed by atoms with Gasteiger partial charge in [0.15, 0.2) is 0 Å². The van der Waals surface area contributed by atoms with Gasteiger partial charge in [-0.1, -0.05) is 0 Å². The number of benzene rings is 1. The fourth-order valence-electron chi connectivity index (χ4n) is 3.01. The van der Waals surface area contributed by atoms with Crippen LogP contribution >= 0.6 is 12.4 Å². The Morgan fingerprint density at radius 3 is 2.62 bits per heavy atom. The Morgan fingerprint density at radius 2 is 2.00 bits per heavy atom. The minimum absolute atomic E-state index is 0. The van der Waals surface area contributed by atoms with E-state index >= 15 is 0 Å². The van der Waals surface area contributed by atoms with Crippen LogP contribution in [0.25, 0.3) is 10.9 Å². The summed E-state index contributed by atoms with van der Waals surface area (Å²) >= 11 is 0. The summed E-state index contributed by atoms with van der Waals surface area (Å²) in [4.78, 5) is 14.4. The van der Waals surface area contributed by atoms with Gasteiger partial charge in [0.2, 0.25) is 0 Å². The molecule has 1 saturated heterocycles. The quantitative estimate of drug-likeness (QED) is 0.847. The highest BCUT2D eigenvalue weighted by molar-refractivity contribution is 5.99. The molecule has 0 unspecified atom stereocenters. The molecule has 4 nitrogen and oxygen atoms in total. The number of aryl methyl sites for hydroxylation is 1. The fraction of sp³-hybridized carbons (Fsp3) is 0.438. The van der Waals surface area contributed by atoms with Crippen LogP contribution in [0.1, 0.15) is 23.0 Å². The van der Waals surface area contributed by atoms with Gasteiger partial charge in [0, 0.05) is 43.6 Å². The van der Waals surface area contributed by atoms with Crippen molar-refractivity contribution < 1.29 is 18.0 Å². The lowest BCUT2D eigenvalue weighted by Crippen LogP contribution is -2.51. The van der Waals surface area contributed by atoms with Crippen LogP contribution < -0.4 is 5.32 Å². The molecule has 0 aliphatic carbocycles. The highest BCUT2D eigenvalue weighted by Crippen LogP contribution is 2.32. The lowest BCUT2D eigenvalue weighted by atomic mass is 10.1. The molecule has 1 aliphatic rings. The van der Waals surface area contributed by atoms with Gasteiger partial charge >= 0.3 is 6.18 Å². The van der Waals surface area contributed by atoms with Crippen LogP contribution in [0.3, 0.4) is 0 Å². The summed E-state index contributed by atoms with van der Waals surface area (Å²) in [5, 5.41) is 3.68. The predicted octanol–water partition coefficient (Wildman–Crippen LogP) is 3.05. The second kappa shape index (κ2) is 6.64. The number of nitrogens with one attached hydrogen (secondary N) is 1. The molecule has 0 saturated carbocycles. The molecule has 1 amide bonds. The van der Waals surface area contributed by atoms with E-state index in [2.05, 4.69) is 5.32 Å². The van der Waals surface area contributed by atoms with E-state index in [4.69, 9.17) is 0 Å². The number of alkyl halides is 3. The van der Waals surface area contributed by atoms with Gasteiger partial charge < -0.3 is 14.8 Å². The zero-order chi connectivity index (χ0) is 16.8. The fourth-order valence-corrected chi connectivity index (χ4v) is 3.01. The van der Waals surface area contributed by atoms with Crippen LogP contribution in [0, 0.1) is 0 Å². The van der Waals surface area contributed by atoms with Crippen LogP contribution in [-0.2, 0) is 13.2 Å². The van der Waals surface area contributed by atoms with Gasteiger partial charge in [0.25, 0.3) is 5.91 Å². The van der Waals surface area contributed by atoms with Crippen LogP contribution in [0.15, 0.2) is 24.3 Å². The third kappa shape index (κ3) is 3.37. The highest BCUT2D eigenvalue weighted by Gasteiger charge is 2.31. The molecule has 0 radical (unpaired) electrons. The number of fused-ring (bicyclic) bond motifs is 1. The number of rotatable bonds is 1. The average molecular weight is 362 g/mol. The first-order valence-corrected chi connectivity index (χ1v) is 7.46. The molecule has 1 aliphatic heterocycles. The number of piperazine rings is 1. The maximum Gasteiger partial charge on any atom is 0.416 e.